The maximum absolute atomic E-state index is 12.1. The second-order valence-corrected chi connectivity index (χ2v) is 6.32. The molecular weight excluding hydrogens is 348 g/mol. The number of carbonyl (C=O) groups excluding carboxylic acids is 3. The number of benzene rings is 1. The largest absolute Gasteiger partial charge is 0.479 e. The summed E-state index contributed by atoms with van der Waals surface area (Å²) in [7, 11) is 0. The van der Waals surface area contributed by atoms with E-state index in [1.54, 1.807) is 36.1 Å². The Morgan fingerprint density at radius 2 is 1.84 bits per heavy atom. The van der Waals surface area contributed by atoms with Crippen LogP contribution in [0.25, 0.3) is 0 Å². The molecule has 8 heteroatoms. The summed E-state index contributed by atoms with van der Waals surface area (Å²) in [4.78, 5) is 36.7. The van der Waals surface area contributed by atoms with Gasteiger partial charge >= 0.3 is 5.97 Å². The minimum atomic E-state index is -0.852. The van der Waals surface area contributed by atoms with Crippen LogP contribution in [-0.4, -0.2) is 48.5 Å². The molecule has 2 rings (SSSR count). The Morgan fingerprint density at radius 1 is 1.24 bits per heavy atom. The molecule has 25 heavy (non-hydrogen) atoms. The normalized spacial score (nSPS) is 16.2. The van der Waals surface area contributed by atoms with Gasteiger partial charge in [0.25, 0.3) is 5.91 Å². The molecule has 1 aromatic rings. The summed E-state index contributed by atoms with van der Waals surface area (Å²) in [6, 6.07) is 6.57. The van der Waals surface area contributed by atoms with Crippen LogP contribution in [0, 0.1) is 5.92 Å². The summed E-state index contributed by atoms with van der Waals surface area (Å²) in [5.74, 6) is -0.981. The van der Waals surface area contributed by atoms with Crippen LogP contribution in [0.2, 0.25) is 5.02 Å². The lowest BCUT2D eigenvalue weighted by Crippen LogP contribution is -2.43. The summed E-state index contributed by atoms with van der Waals surface area (Å²) < 4.78 is 10.5. The predicted molar refractivity (Wildman–Crippen MR) is 91.0 cm³/mol. The van der Waals surface area contributed by atoms with Gasteiger partial charge in [-0.2, -0.15) is 0 Å². The molecule has 0 spiro atoms. The lowest BCUT2D eigenvalue weighted by Gasteiger charge is -2.30. The molecule has 2 N–H and O–H groups in total. The summed E-state index contributed by atoms with van der Waals surface area (Å²) >= 11 is 5.78. The average Bonchev–Trinajstić information content (AvgIpc) is 2.61. The van der Waals surface area contributed by atoms with E-state index in [0.717, 1.165) is 0 Å². The molecule has 1 aromatic carbocycles. The van der Waals surface area contributed by atoms with E-state index in [4.69, 9.17) is 26.8 Å². The number of halogens is 1. The number of likely N-dealkylation sites (tertiary alicyclic amines) is 1. The van der Waals surface area contributed by atoms with Crippen molar-refractivity contribution in [2.45, 2.75) is 25.9 Å². The summed E-state index contributed by atoms with van der Waals surface area (Å²) in [6.45, 7) is 2.05. The maximum Gasteiger partial charge on any atom is 0.347 e. The molecule has 1 saturated heterocycles. The molecular formula is C17H21ClN2O5. The molecule has 0 radical (unpaired) electrons. The zero-order valence-electron chi connectivity index (χ0n) is 13.9. The van der Waals surface area contributed by atoms with Crippen LogP contribution in [0.1, 0.15) is 19.8 Å². The fourth-order valence-electron chi connectivity index (χ4n) is 2.52. The number of hydrogen-bond donors (Lipinski definition) is 1. The third-order valence-corrected chi connectivity index (χ3v) is 4.30. The van der Waals surface area contributed by atoms with Crippen molar-refractivity contribution in [2.75, 3.05) is 19.7 Å². The molecule has 7 nitrogen and oxygen atoms in total. The number of carbonyl (C=O) groups is 3. The van der Waals surface area contributed by atoms with Crippen LogP contribution in [-0.2, 0) is 19.1 Å². The van der Waals surface area contributed by atoms with E-state index in [1.165, 1.54) is 0 Å². The highest BCUT2D eigenvalue weighted by molar-refractivity contribution is 6.30. The standard InChI is InChI=1S/C17H21ClN2O5/c1-11(25-14-4-2-13(18)3-5-14)17(23)24-10-15(21)20-8-6-12(7-9-20)16(19)22/h2-5,11-12H,6-10H2,1H3,(H2,19,22)/t11-/m1/s1. The number of piperidine rings is 1. The molecule has 0 unspecified atom stereocenters. The molecule has 1 aliphatic rings. The monoisotopic (exact) mass is 368 g/mol. The van der Waals surface area contributed by atoms with Gasteiger partial charge in [0.1, 0.15) is 5.75 Å². The molecule has 1 aliphatic heterocycles. The SMILES string of the molecule is C[C@@H](Oc1ccc(Cl)cc1)C(=O)OCC(=O)N1CCC(C(N)=O)CC1. The zero-order chi connectivity index (χ0) is 18.4. The van der Waals surface area contributed by atoms with E-state index in [9.17, 15) is 14.4 Å². The van der Waals surface area contributed by atoms with Gasteiger partial charge in [-0.1, -0.05) is 11.6 Å². The molecule has 0 aliphatic carbocycles. The first-order valence-corrected chi connectivity index (χ1v) is 8.40. The molecule has 0 bridgehead atoms. The topological polar surface area (TPSA) is 98.9 Å². The Kier molecular flexibility index (Phi) is 6.64. The number of ether oxygens (including phenoxy) is 2. The Morgan fingerprint density at radius 3 is 2.40 bits per heavy atom. The van der Waals surface area contributed by atoms with E-state index in [-0.39, 0.29) is 24.3 Å². The molecule has 2 amide bonds. The first-order chi connectivity index (χ1) is 11.9. The second-order valence-electron chi connectivity index (χ2n) is 5.88. The Labute approximate surface area is 151 Å². The van der Waals surface area contributed by atoms with Crippen LogP contribution in [0.3, 0.4) is 0 Å². The zero-order valence-corrected chi connectivity index (χ0v) is 14.7. The first-order valence-electron chi connectivity index (χ1n) is 8.02. The van der Waals surface area contributed by atoms with E-state index < -0.39 is 12.1 Å². The van der Waals surface area contributed by atoms with Crippen molar-refractivity contribution in [2.24, 2.45) is 11.7 Å². The highest BCUT2D eigenvalue weighted by Gasteiger charge is 2.27. The van der Waals surface area contributed by atoms with Crippen LogP contribution < -0.4 is 10.5 Å². The maximum atomic E-state index is 12.1. The van der Waals surface area contributed by atoms with E-state index in [2.05, 4.69) is 0 Å². The second kappa shape index (κ2) is 8.71. The predicted octanol–water partition coefficient (Wildman–Crippen LogP) is 1.37. The van der Waals surface area contributed by atoms with Crippen LogP contribution in [0.5, 0.6) is 5.75 Å². The highest BCUT2D eigenvalue weighted by Crippen LogP contribution is 2.18. The number of primary amides is 1. The molecule has 1 heterocycles. The molecule has 1 atom stereocenters. The van der Waals surface area contributed by atoms with Crippen molar-refractivity contribution in [1.29, 1.82) is 0 Å². The van der Waals surface area contributed by atoms with Crippen molar-refractivity contribution in [3.8, 4) is 5.75 Å². The van der Waals surface area contributed by atoms with Crippen molar-refractivity contribution in [3.63, 3.8) is 0 Å². The van der Waals surface area contributed by atoms with Crippen molar-refractivity contribution >= 4 is 29.4 Å². The fraction of sp³-hybridized carbons (Fsp3) is 0.471. The average molecular weight is 369 g/mol. The van der Waals surface area contributed by atoms with Gasteiger partial charge in [0.15, 0.2) is 12.7 Å². The number of rotatable bonds is 6. The number of nitrogens with zero attached hydrogens (tertiary/aromatic N) is 1. The highest BCUT2D eigenvalue weighted by atomic mass is 35.5. The lowest BCUT2D eigenvalue weighted by atomic mass is 9.96. The summed E-state index contributed by atoms with van der Waals surface area (Å²) in [5.41, 5.74) is 5.26. The Balaban J connectivity index is 1.74. The van der Waals surface area contributed by atoms with E-state index in [1.807, 2.05) is 0 Å². The quantitative estimate of drug-likeness (QED) is 0.764. The van der Waals surface area contributed by atoms with Crippen LogP contribution in [0.4, 0.5) is 0 Å². The van der Waals surface area contributed by atoms with Crippen LogP contribution >= 0.6 is 11.6 Å². The Bertz CT molecular complexity index is 626. The lowest BCUT2D eigenvalue weighted by molar-refractivity contribution is -0.157. The molecule has 0 aromatic heterocycles. The van der Waals surface area contributed by atoms with Gasteiger partial charge in [-0.3, -0.25) is 9.59 Å². The Hall–Kier alpha value is -2.28. The first kappa shape index (κ1) is 19.1. The van der Waals surface area contributed by atoms with Gasteiger partial charge in [-0.15, -0.1) is 0 Å². The number of nitrogens with two attached hydrogens (primary N) is 1. The third kappa shape index (κ3) is 5.63. The van der Waals surface area contributed by atoms with Gasteiger partial charge in [0.2, 0.25) is 5.91 Å². The van der Waals surface area contributed by atoms with Crippen molar-refractivity contribution in [1.82, 2.24) is 4.90 Å². The smallest absolute Gasteiger partial charge is 0.347 e. The summed E-state index contributed by atoms with van der Waals surface area (Å²) in [5, 5.41) is 0.563. The van der Waals surface area contributed by atoms with Crippen molar-refractivity contribution < 1.29 is 23.9 Å². The molecule has 0 saturated carbocycles. The van der Waals surface area contributed by atoms with Gasteiger partial charge in [0.05, 0.1) is 0 Å². The third-order valence-electron chi connectivity index (χ3n) is 4.05. The minimum absolute atomic E-state index is 0.195. The number of hydrogen-bond acceptors (Lipinski definition) is 5. The number of esters is 1. The van der Waals surface area contributed by atoms with Gasteiger partial charge < -0.3 is 20.1 Å². The van der Waals surface area contributed by atoms with Gasteiger partial charge in [-0.05, 0) is 44.0 Å². The van der Waals surface area contributed by atoms with Crippen LogP contribution in [0.15, 0.2) is 24.3 Å². The number of amides is 2. The molecule has 136 valence electrons. The molecule has 1 fully saturated rings. The summed E-state index contributed by atoms with van der Waals surface area (Å²) in [6.07, 6.45) is 0.213. The van der Waals surface area contributed by atoms with Crippen molar-refractivity contribution in [3.05, 3.63) is 29.3 Å². The van der Waals surface area contributed by atoms with E-state index in [0.29, 0.717) is 36.7 Å². The fourth-order valence-corrected chi connectivity index (χ4v) is 2.65. The van der Waals surface area contributed by atoms with E-state index >= 15 is 0 Å². The van der Waals surface area contributed by atoms with Gasteiger partial charge in [0, 0.05) is 24.0 Å². The minimum Gasteiger partial charge on any atom is -0.479 e. The van der Waals surface area contributed by atoms with Gasteiger partial charge in [-0.25, -0.2) is 4.79 Å².